The third-order valence-corrected chi connectivity index (χ3v) is 9.85. The summed E-state index contributed by atoms with van der Waals surface area (Å²) in [6.45, 7) is 9.99. The Morgan fingerprint density at radius 1 is 0.950 bits per heavy atom. The van der Waals surface area contributed by atoms with Gasteiger partial charge in [-0.15, -0.1) is 0 Å². The van der Waals surface area contributed by atoms with E-state index in [1.54, 1.807) is 6.07 Å². The van der Waals surface area contributed by atoms with Crippen LogP contribution in [0.2, 0.25) is 0 Å². The molecule has 2 saturated carbocycles. The minimum atomic E-state index is -3.96. The van der Waals surface area contributed by atoms with Crippen molar-refractivity contribution in [1.29, 1.82) is 0 Å². The largest absolute Gasteiger partial charge is 0.383 e. The zero-order chi connectivity index (χ0) is 28.4. The summed E-state index contributed by atoms with van der Waals surface area (Å²) in [5.41, 5.74) is 6.11. The lowest BCUT2D eigenvalue weighted by molar-refractivity contribution is 0.263. The Hall–Kier alpha value is -1.49. The molecule has 0 unspecified atom stereocenters. The van der Waals surface area contributed by atoms with Crippen LogP contribution < -0.4 is 26.6 Å². The summed E-state index contributed by atoms with van der Waals surface area (Å²) in [6, 6.07) is 2.55. The Bertz CT molecular complexity index is 926. The molecule has 11 nitrogen and oxygen atoms in total. The van der Waals surface area contributed by atoms with Gasteiger partial charge in [-0.05, 0) is 95.2 Å². The molecular weight excluding hydrogens is 527 g/mol. The maximum atomic E-state index is 11.2. The van der Waals surface area contributed by atoms with Crippen LogP contribution in [0.4, 0.5) is 17.6 Å². The lowest BCUT2D eigenvalue weighted by atomic mass is 9.82. The Balaban J connectivity index is 1.08. The van der Waals surface area contributed by atoms with E-state index in [1.807, 2.05) is 0 Å². The highest BCUT2D eigenvalue weighted by Gasteiger charge is 2.23. The summed E-state index contributed by atoms with van der Waals surface area (Å²) in [4.78, 5) is 31.7. The van der Waals surface area contributed by atoms with Crippen LogP contribution in [-0.2, 0) is 4.57 Å². The third kappa shape index (κ3) is 11.1. The van der Waals surface area contributed by atoms with Crippen LogP contribution >= 0.6 is 7.60 Å². The second-order valence-electron chi connectivity index (χ2n) is 12.4. The topological polar surface area (TPSA) is 152 Å². The van der Waals surface area contributed by atoms with Gasteiger partial charge in [-0.3, -0.25) is 9.46 Å². The first-order chi connectivity index (χ1) is 19.2. The van der Waals surface area contributed by atoms with E-state index in [2.05, 4.69) is 37.7 Å². The van der Waals surface area contributed by atoms with Gasteiger partial charge in [-0.25, -0.2) is 0 Å². The summed E-state index contributed by atoms with van der Waals surface area (Å²) in [7, 11) is -3.96. The predicted molar refractivity (Wildman–Crippen MR) is 163 cm³/mol. The highest BCUT2D eigenvalue weighted by Crippen LogP contribution is 2.34. The minimum absolute atomic E-state index is 0.0997. The lowest BCUT2D eigenvalue weighted by Crippen LogP contribution is -2.47. The molecule has 40 heavy (non-hydrogen) atoms. The fourth-order valence-electron chi connectivity index (χ4n) is 6.33. The molecule has 228 valence electrons. The number of anilines is 3. The van der Waals surface area contributed by atoms with Gasteiger partial charge in [0.25, 0.3) is 0 Å². The standard InChI is InChI=1S/C28H53N8O3P/c1-22-3-9-25(10-4-22)31-12-2-11-30-20-23-5-7-24(8-6-23)21-32-28-33-26(29)19-27(34-28)36-15-13-35(14-16-36)17-18-40(37,38)39/h19,22-25,30-31H,2-18,20-21H2,1H3,(H2,37,38,39)(H3,29,32,33,34). The normalized spacial score (nSPS) is 26.6. The number of rotatable bonds is 14. The molecule has 2 aliphatic carbocycles. The van der Waals surface area contributed by atoms with Crippen molar-refractivity contribution in [3.63, 3.8) is 0 Å². The van der Waals surface area contributed by atoms with Crippen LogP contribution in [0.3, 0.4) is 0 Å². The Labute approximate surface area is 240 Å². The maximum Gasteiger partial charge on any atom is 0.326 e. The molecule has 1 aromatic rings. The number of piperazine rings is 1. The van der Waals surface area contributed by atoms with E-state index in [1.165, 1.54) is 57.8 Å². The number of hydrogen-bond donors (Lipinski definition) is 6. The first-order valence-corrected chi connectivity index (χ1v) is 17.4. The van der Waals surface area contributed by atoms with Gasteiger partial charge in [0.2, 0.25) is 5.95 Å². The van der Waals surface area contributed by atoms with Gasteiger partial charge in [-0.2, -0.15) is 9.97 Å². The van der Waals surface area contributed by atoms with Crippen molar-refractivity contribution in [2.75, 3.05) is 81.0 Å². The number of nitrogen functional groups attached to an aromatic ring is 1. The van der Waals surface area contributed by atoms with E-state index in [0.29, 0.717) is 24.2 Å². The van der Waals surface area contributed by atoms with E-state index in [-0.39, 0.29) is 6.16 Å². The molecule has 12 heteroatoms. The van der Waals surface area contributed by atoms with Crippen LogP contribution in [0.15, 0.2) is 6.07 Å². The second-order valence-corrected chi connectivity index (χ2v) is 14.2. The molecule has 0 atom stereocenters. The molecule has 1 saturated heterocycles. The van der Waals surface area contributed by atoms with Crippen molar-refractivity contribution < 1.29 is 14.4 Å². The SMILES string of the molecule is CC1CCC(NCCCNCC2CCC(CNc3nc(N)cc(N4CCN(CCP(=O)(O)O)CC4)n3)CC2)CC1. The van der Waals surface area contributed by atoms with Crippen molar-refractivity contribution >= 4 is 25.2 Å². The van der Waals surface area contributed by atoms with E-state index in [0.717, 1.165) is 76.1 Å². The average Bonchev–Trinajstić information content (AvgIpc) is 2.94. The molecule has 7 N–H and O–H groups in total. The van der Waals surface area contributed by atoms with E-state index in [9.17, 15) is 4.57 Å². The second kappa shape index (κ2) is 15.7. The van der Waals surface area contributed by atoms with Crippen molar-refractivity contribution in [3.8, 4) is 0 Å². The Kier molecular flexibility index (Phi) is 12.3. The molecule has 3 fully saturated rings. The summed E-state index contributed by atoms with van der Waals surface area (Å²) in [6.07, 6.45) is 11.6. The average molecular weight is 581 g/mol. The minimum Gasteiger partial charge on any atom is -0.383 e. The fraction of sp³-hybridized carbons (Fsp3) is 0.857. The highest BCUT2D eigenvalue weighted by molar-refractivity contribution is 7.51. The van der Waals surface area contributed by atoms with E-state index >= 15 is 0 Å². The Morgan fingerprint density at radius 3 is 2.30 bits per heavy atom. The molecule has 2 heterocycles. The highest BCUT2D eigenvalue weighted by atomic mass is 31.2. The number of nitrogens with two attached hydrogens (primary N) is 1. The number of nitrogens with one attached hydrogen (secondary N) is 3. The molecule has 1 aliphatic heterocycles. The van der Waals surface area contributed by atoms with Crippen LogP contribution in [0, 0.1) is 17.8 Å². The van der Waals surface area contributed by atoms with E-state index < -0.39 is 7.60 Å². The third-order valence-electron chi connectivity index (χ3n) is 9.06. The van der Waals surface area contributed by atoms with Gasteiger partial charge in [0, 0.05) is 51.4 Å². The molecule has 0 amide bonds. The molecular formula is C28H53N8O3P. The monoisotopic (exact) mass is 580 g/mol. The summed E-state index contributed by atoms with van der Waals surface area (Å²) in [5, 5.41) is 10.9. The number of nitrogens with zero attached hydrogens (tertiary/aromatic N) is 4. The van der Waals surface area contributed by atoms with Gasteiger partial charge in [0.05, 0.1) is 6.16 Å². The first kappa shape index (κ1) is 31.4. The maximum absolute atomic E-state index is 11.2. The number of hydrogen-bond acceptors (Lipinski definition) is 9. The molecule has 1 aromatic heterocycles. The number of aromatic nitrogens is 2. The first-order valence-electron chi connectivity index (χ1n) is 15.6. The van der Waals surface area contributed by atoms with Crippen LogP contribution in [0.25, 0.3) is 0 Å². The van der Waals surface area contributed by atoms with Crippen molar-refractivity contribution in [3.05, 3.63) is 6.07 Å². The van der Waals surface area contributed by atoms with Crippen molar-refractivity contribution in [2.45, 2.75) is 70.8 Å². The zero-order valence-corrected chi connectivity index (χ0v) is 25.3. The van der Waals surface area contributed by atoms with Gasteiger partial charge in [0.1, 0.15) is 11.6 Å². The summed E-state index contributed by atoms with van der Waals surface area (Å²) >= 11 is 0. The van der Waals surface area contributed by atoms with Gasteiger partial charge < -0.3 is 36.4 Å². The van der Waals surface area contributed by atoms with Gasteiger partial charge >= 0.3 is 7.60 Å². The van der Waals surface area contributed by atoms with Gasteiger partial charge in [0.15, 0.2) is 0 Å². The smallest absolute Gasteiger partial charge is 0.326 e. The van der Waals surface area contributed by atoms with Crippen LogP contribution in [-0.4, -0.2) is 95.8 Å². The predicted octanol–water partition coefficient (Wildman–Crippen LogP) is 2.72. The molecule has 0 radical (unpaired) electrons. The molecule has 0 spiro atoms. The van der Waals surface area contributed by atoms with Gasteiger partial charge in [-0.1, -0.05) is 6.92 Å². The Morgan fingerprint density at radius 2 is 1.62 bits per heavy atom. The zero-order valence-electron chi connectivity index (χ0n) is 24.4. The summed E-state index contributed by atoms with van der Waals surface area (Å²) in [5.74, 6) is 4.17. The van der Waals surface area contributed by atoms with Crippen LogP contribution in [0.1, 0.15) is 64.7 Å². The lowest BCUT2D eigenvalue weighted by Gasteiger charge is -2.35. The van der Waals surface area contributed by atoms with E-state index in [4.69, 9.17) is 20.5 Å². The fourth-order valence-corrected chi connectivity index (χ4v) is 6.87. The molecule has 0 bridgehead atoms. The van der Waals surface area contributed by atoms with Crippen molar-refractivity contribution in [1.82, 2.24) is 25.5 Å². The van der Waals surface area contributed by atoms with Crippen LogP contribution in [0.5, 0.6) is 0 Å². The van der Waals surface area contributed by atoms with Crippen molar-refractivity contribution in [2.24, 2.45) is 17.8 Å². The molecule has 4 rings (SSSR count). The molecule has 3 aliphatic rings. The summed E-state index contributed by atoms with van der Waals surface area (Å²) < 4.78 is 11.2. The molecule has 0 aromatic carbocycles. The quantitative estimate of drug-likeness (QED) is 0.142.